The molecule has 1 aromatic carbocycles. The molecule has 84 valence electrons. The van der Waals surface area contributed by atoms with E-state index < -0.39 is 0 Å². The van der Waals surface area contributed by atoms with Crippen LogP contribution in [0.4, 0.5) is 0 Å². The molecule has 1 N–H and O–H groups in total. The molecular weight excluding hydrogens is 250 g/mol. The van der Waals surface area contributed by atoms with Crippen molar-refractivity contribution in [1.29, 1.82) is 0 Å². The molecule has 0 spiro atoms. The highest BCUT2D eigenvalue weighted by molar-refractivity contribution is 9.09. The van der Waals surface area contributed by atoms with Crippen LogP contribution >= 0.6 is 15.9 Å². The number of hydrogen-bond donors (Lipinski definition) is 1. The largest absolute Gasteiger partial charge is 0.303 e. The summed E-state index contributed by atoms with van der Waals surface area (Å²) in [6.07, 6.45) is 0. The first-order valence-corrected chi connectivity index (χ1v) is 6.44. The molecule has 0 bridgehead atoms. The van der Waals surface area contributed by atoms with Crippen LogP contribution in [0.25, 0.3) is 0 Å². The molecule has 0 unspecified atom stereocenters. The smallest absolute Gasteiger partial charge is 0.0519 e. The Hall–Kier alpha value is -0.340. The van der Waals surface area contributed by atoms with Crippen LogP contribution < -0.4 is 5.32 Å². The minimum atomic E-state index is 0.233. The third kappa shape index (κ3) is 3.62. The molecule has 0 aliphatic carbocycles. The van der Waals surface area contributed by atoms with Gasteiger partial charge in [0.2, 0.25) is 0 Å². The van der Waals surface area contributed by atoms with Crippen molar-refractivity contribution in [2.75, 3.05) is 5.45 Å². The molecule has 15 heavy (non-hydrogen) atoms. The average Bonchev–Trinajstić information content (AvgIpc) is 2.15. The number of rotatable bonds is 3. The average molecular weight is 270 g/mol. The lowest BCUT2D eigenvalue weighted by Crippen LogP contribution is -2.15. The van der Waals surface area contributed by atoms with Gasteiger partial charge in [-0.25, -0.2) is 0 Å². The Balaban J connectivity index is 2.95. The fraction of sp³-hybridized carbons (Fsp3) is 0.538. The van der Waals surface area contributed by atoms with E-state index in [4.69, 9.17) is 0 Å². The summed E-state index contributed by atoms with van der Waals surface area (Å²) in [5.74, 6) is 0. The first-order chi connectivity index (χ1) is 6.95. The van der Waals surface area contributed by atoms with Gasteiger partial charge in [-0.3, -0.25) is 0 Å². The van der Waals surface area contributed by atoms with Gasteiger partial charge < -0.3 is 5.32 Å². The second-order valence-corrected chi connectivity index (χ2v) is 5.51. The van der Waals surface area contributed by atoms with E-state index in [2.05, 4.69) is 67.1 Å². The van der Waals surface area contributed by atoms with Gasteiger partial charge in [0.1, 0.15) is 0 Å². The van der Waals surface area contributed by atoms with Gasteiger partial charge in [-0.2, -0.15) is 0 Å². The van der Waals surface area contributed by atoms with E-state index in [1.807, 2.05) is 0 Å². The third-order valence-corrected chi connectivity index (χ3v) is 3.02. The predicted octanol–water partition coefficient (Wildman–Crippen LogP) is 3.73. The molecule has 1 nitrogen and oxygen atoms in total. The number of nitrogens with one attached hydrogen (secondary N) is 1. The SMILES string of the molecule is Cc1ccc(C(C)(C)C)cc1CNCBr. The quantitative estimate of drug-likeness (QED) is 0.651. The number of alkyl halides is 1. The Morgan fingerprint density at radius 3 is 2.47 bits per heavy atom. The van der Waals surface area contributed by atoms with E-state index in [0.717, 1.165) is 12.0 Å². The summed E-state index contributed by atoms with van der Waals surface area (Å²) in [6.45, 7) is 9.84. The zero-order valence-corrected chi connectivity index (χ0v) is 11.6. The summed E-state index contributed by atoms with van der Waals surface area (Å²) in [7, 11) is 0. The van der Waals surface area contributed by atoms with Gasteiger partial charge >= 0.3 is 0 Å². The van der Waals surface area contributed by atoms with Gasteiger partial charge in [0, 0.05) is 6.54 Å². The summed E-state index contributed by atoms with van der Waals surface area (Å²) in [5.41, 5.74) is 5.22. The lowest BCUT2D eigenvalue weighted by Gasteiger charge is -2.20. The molecule has 0 amide bonds. The summed E-state index contributed by atoms with van der Waals surface area (Å²) < 4.78 is 0. The van der Waals surface area contributed by atoms with E-state index in [-0.39, 0.29) is 5.41 Å². The maximum Gasteiger partial charge on any atom is 0.0519 e. The molecule has 0 aliphatic rings. The molecular formula is C13H20BrN. The first kappa shape index (κ1) is 12.7. The van der Waals surface area contributed by atoms with Crippen molar-refractivity contribution in [2.45, 2.75) is 39.7 Å². The van der Waals surface area contributed by atoms with Crippen molar-refractivity contribution in [2.24, 2.45) is 0 Å². The molecule has 0 atom stereocenters. The first-order valence-electron chi connectivity index (χ1n) is 5.32. The van der Waals surface area contributed by atoms with Crippen LogP contribution in [-0.2, 0) is 12.0 Å². The Bertz CT molecular complexity index is 326. The summed E-state index contributed by atoms with van der Waals surface area (Å²) >= 11 is 3.38. The molecule has 0 radical (unpaired) electrons. The third-order valence-electron chi connectivity index (χ3n) is 2.63. The standard InChI is InChI=1S/C13H20BrN/c1-10-5-6-12(13(2,3)4)7-11(10)8-15-9-14/h5-7,15H,8-9H2,1-4H3. The van der Waals surface area contributed by atoms with E-state index in [9.17, 15) is 0 Å². The number of hydrogen-bond acceptors (Lipinski definition) is 1. The second kappa shape index (κ2) is 5.13. The highest BCUT2D eigenvalue weighted by Gasteiger charge is 2.14. The molecule has 2 heteroatoms. The van der Waals surface area contributed by atoms with Crippen LogP contribution in [0.3, 0.4) is 0 Å². The lowest BCUT2D eigenvalue weighted by atomic mass is 9.85. The van der Waals surface area contributed by atoms with Gasteiger partial charge in [0.05, 0.1) is 5.45 Å². The van der Waals surface area contributed by atoms with E-state index in [0.29, 0.717) is 0 Å². The van der Waals surface area contributed by atoms with Crippen molar-refractivity contribution in [3.8, 4) is 0 Å². The Morgan fingerprint density at radius 2 is 1.93 bits per heavy atom. The van der Waals surface area contributed by atoms with Crippen molar-refractivity contribution < 1.29 is 0 Å². The van der Waals surface area contributed by atoms with Crippen molar-refractivity contribution >= 4 is 15.9 Å². The van der Waals surface area contributed by atoms with E-state index in [1.165, 1.54) is 16.7 Å². The zero-order valence-electron chi connectivity index (χ0n) is 10.0. The van der Waals surface area contributed by atoms with Gasteiger partial charge in [-0.1, -0.05) is 54.9 Å². The molecule has 0 heterocycles. The zero-order chi connectivity index (χ0) is 11.5. The van der Waals surface area contributed by atoms with E-state index >= 15 is 0 Å². The summed E-state index contributed by atoms with van der Waals surface area (Å²) in [4.78, 5) is 0. The predicted molar refractivity (Wildman–Crippen MR) is 70.5 cm³/mol. The molecule has 1 aromatic rings. The Kier molecular flexibility index (Phi) is 4.35. The van der Waals surface area contributed by atoms with Crippen molar-refractivity contribution in [1.82, 2.24) is 5.32 Å². The number of aryl methyl sites for hydroxylation is 1. The van der Waals surface area contributed by atoms with Gasteiger partial charge in [-0.15, -0.1) is 0 Å². The lowest BCUT2D eigenvalue weighted by molar-refractivity contribution is 0.588. The fourth-order valence-electron chi connectivity index (χ4n) is 1.51. The number of benzene rings is 1. The van der Waals surface area contributed by atoms with Crippen molar-refractivity contribution in [3.05, 3.63) is 34.9 Å². The Morgan fingerprint density at radius 1 is 1.27 bits per heavy atom. The summed E-state index contributed by atoms with van der Waals surface area (Å²) in [5, 5.41) is 3.30. The number of halogens is 1. The molecule has 0 saturated heterocycles. The van der Waals surface area contributed by atoms with Crippen molar-refractivity contribution in [3.63, 3.8) is 0 Å². The minimum Gasteiger partial charge on any atom is -0.303 e. The molecule has 0 aromatic heterocycles. The van der Waals surface area contributed by atoms with Crippen LogP contribution in [-0.4, -0.2) is 5.45 Å². The van der Waals surface area contributed by atoms with Gasteiger partial charge in [0.15, 0.2) is 0 Å². The van der Waals surface area contributed by atoms with Gasteiger partial charge in [-0.05, 0) is 29.0 Å². The minimum absolute atomic E-state index is 0.233. The highest BCUT2D eigenvalue weighted by Crippen LogP contribution is 2.24. The fourth-order valence-corrected chi connectivity index (χ4v) is 1.71. The second-order valence-electron chi connectivity index (χ2n) is 4.95. The van der Waals surface area contributed by atoms with Crippen LogP contribution in [0, 0.1) is 6.92 Å². The van der Waals surface area contributed by atoms with Crippen LogP contribution in [0.15, 0.2) is 18.2 Å². The molecule has 0 fully saturated rings. The summed E-state index contributed by atoms with van der Waals surface area (Å²) in [6, 6.07) is 6.75. The Labute approximate surface area is 101 Å². The maximum absolute atomic E-state index is 3.38. The van der Waals surface area contributed by atoms with Crippen LogP contribution in [0.2, 0.25) is 0 Å². The van der Waals surface area contributed by atoms with E-state index in [1.54, 1.807) is 0 Å². The topological polar surface area (TPSA) is 12.0 Å². The molecule has 1 rings (SSSR count). The normalized spacial score (nSPS) is 11.8. The monoisotopic (exact) mass is 269 g/mol. The van der Waals surface area contributed by atoms with Gasteiger partial charge in [0.25, 0.3) is 0 Å². The van der Waals surface area contributed by atoms with Crippen LogP contribution in [0.5, 0.6) is 0 Å². The molecule has 0 aliphatic heterocycles. The maximum atomic E-state index is 3.38. The van der Waals surface area contributed by atoms with Crippen LogP contribution in [0.1, 0.15) is 37.5 Å². The highest BCUT2D eigenvalue weighted by atomic mass is 79.9. The molecule has 0 saturated carbocycles.